The largest absolute Gasteiger partial charge is 0.396 e. The van der Waals surface area contributed by atoms with Gasteiger partial charge in [0.15, 0.2) is 11.0 Å². The quantitative estimate of drug-likeness (QED) is 0.314. The van der Waals surface area contributed by atoms with E-state index in [0.29, 0.717) is 6.54 Å². The van der Waals surface area contributed by atoms with Crippen LogP contribution < -0.4 is 4.57 Å². The number of aliphatic hydroxyl groups is 1. The third-order valence-electron chi connectivity index (χ3n) is 6.78. The number of fused-ring (bicyclic) bond motifs is 3. The number of hydrogen-bond acceptors (Lipinski definition) is 2. The topological polar surface area (TPSA) is 41.9 Å². The third kappa shape index (κ3) is 4.17. The fourth-order valence-electron chi connectivity index (χ4n) is 5.08. The SMILES string of the molecule is OCCCc1n(Cc2ccc3ccccc3n2)c2ccccc2[n+]1Cc1ccc2ccccc2c1. The van der Waals surface area contributed by atoms with Crippen molar-refractivity contribution in [3.8, 4) is 0 Å². The van der Waals surface area contributed by atoms with Crippen LogP contribution in [-0.2, 0) is 19.5 Å². The van der Waals surface area contributed by atoms with Crippen molar-refractivity contribution in [3.05, 3.63) is 120 Å². The Bertz CT molecular complexity index is 1530. The van der Waals surface area contributed by atoms with Gasteiger partial charge in [-0.25, -0.2) is 14.1 Å². The van der Waals surface area contributed by atoms with Gasteiger partial charge in [0.1, 0.15) is 13.1 Å². The molecule has 4 aromatic carbocycles. The van der Waals surface area contributed by atoms with E-state index in [1.807, 2.05) is 12.1 Å². The second-order valence-corrected chi connectivity index (χ2v) is 9.08. The molecule has 2 heterocycles. The van der Waals surface area contributed by atoms with Gasteiger partial charge in [0.2, 0.25) is 0 Å². The average Bonchev–Trinajstić information content (AvgIpc) is 3.19. The molecule has 0 bridgehead atoms. The van der Waals surface area contributed by atoms with Crippen LogP contribution in [-0.4, -0.2) is 21.3 Å². The summed E-state index contributed by atoms with van der Waals surface area (Å²) in [6, 6.07) is 36.3. The molecule has 0 atom stereocenters. The molecule has 0 saturated heterocycles. The normalized spacial score (nSPS) is 11.6. The Morgan fingerprint density at radius 2 is 1.49 bits per heavy atom. The Kier molecular flexibility index (Phi) is 5.73. The van der Waals surface area contributed by atoms with Gasteiger partial charge in [-0.1, -0.05) is 72.8 Å². The number of benzene rings is 4. The molecule has 0 unspecified atom stereocenters. The molecule has 0 spiro atoms. The summed E-state index contributed by atoms with van der Waals surface area (Å²) in [5.74, 6) is 1.21. The Labute approximate surface area is 204 Å². The standard InChI is InChI=1S/C31H28N3O/c35-19-7-14-31-33(21-23-15-16-24-8-1-2-10-26(24)20-23)29-12-5-6-13-30(29)34(31)22-27-18-17-25-9-3-4-11-28(25)32-27/h1-6,8-13,15-18,20,35H,7,14,19,21-22H2/q+1. The minimum absolute atomic E-state index is 0.172. The van der Waals surface area contributed by atoms with E-state index < -0.39 is 0 Å². The molecule has 4 nitrogen and oxygen atoms in total. The third-order valence-corrected chi connectivity index (χ3v) is 6.78. The predicted molar refractivity (Wildman–Crippen MR) is 141 cm³/mol. The molecule has 172 valence electrons. The maximum Gasteiger partial charge on any atom is 0.258 e. The van der Waals surface area contributed by atoms with Crippen molar-refractivity contribution >= 4 is 32.7 Å². The molecule has 0 aliphatic heterocycles. The molecule has 0 fully saturated rings. The molecule has 0 radical (unpaired) electrons. The van der Waals surface area contributed by atoms with E-state index >= 15 is 0 Å². The van der Waals surface area contributed by atoms with E-state index in [1.165, 1.54) is 33.2 Å². The Balaban J connectivity index is 1.46. The lowest BCUT2D eigenvalue weighted by Crippen LogP contribution is -2.39. The minimum Gasteiger partial charge on any atom is -0.396 e. The molecule has 2 aromatic heterocycles. The van der Waals surface area contributed by atoms with Crippen LogP contribution in [0.15, 0.2) is 103 Å². The zero-order valence-corrected chi connectivity index (χ0v) is 19.6. The van der Waals surface area contributed by atoms with Crippen molar-refractivity contribution in [1.82, 2.24) is 9.55 Å². The number of para-hydroxylation sites is 3. The van der Waals surface area contributed by atoms with Gasteiger partial charge in [-0.2, -0.15) is 0 Å². The minimum atomic E-state index is 0.172. The summed E-state index contributed by atoms with van der Waals surface area (Å²) in [4.78, 5) is 4.95. The zero-order valence-electron chi connectivity index (χ0n) is 19.6. The van der Waals surface area contributed by atoms with Crippen molar-refractivity contribution in [1.29, 1.82) is 0 Å². The Hall–Kier alpha value is -4.02. The number of aliphatic hydroxyl groups excluding tert-OH is 1. The van der Waals surface area contributed by atoms with Gasteiger partial charge in [-0.15, -0.1) is 0 Å². The molecule has 0 amide bonds. The van der Waals surface area contributed by atoms with E-state index in [1.54, 1.807) is 0 Å². The van der Waals surface area contributed by atoms with Gasteiger partial charge in [0, 0.05) is 12.0 Å². The molecule has 0 saturated carbocycles. The molecule has 0 aliphatic carbocycles. The fourth-order valence-corrected chi connectivity index (χ4v) is 5.08. The Morgan fingerprint density at radius 1 is 0.743 bits per heavy atom. The lowest BCUT2D eigenvalue weighted by Gasteiger charge is -2.07. The molecule has 1 N–H and O–H groups in total. The lowest BCUT2D eigenvalue weighted by molar-refractivity contribution is -0.671. The molecular formula is C31H28N3O+. The summed E-state index contributed by atoms with van der Waals surface area (Å²) in [6.07, 6.45) is 1.52. The van der Waals surface area contributed by atoms with Gasteiger partial charge in [0.25, 0.3) is 5.82 Å². The van der Waals surface area contributed by atoms with Crippen molar-refractivity contribution in [2.45, 2.75) is 25.9 Å². The molecule has 0 aliphatic rings. The van der Waals surface area contributed by atoms with Crippen molar-refractivity contribution in [2.75, 3.05) is 6.61 Å². The van der Waals surface area contributed by atoms with Crippen LogP contribution in [0.3, 0.4) is 0 Å². The summed E-state index contributed by atoms with van der Waals surface area (Å²) in [5, 5.41) is 13.3. The van der Waals surface area contributed by atoms with Crippen LogP contribution in [0, 0.1) is 0 Å². The Morgan fingerprint density at radius 3 is 2.37 bits per heavy atom. The van der Waals surface area contributed by atoms with Crippen molar-refractivity contribution in [2.24, 2.45) is 0 Å². The first-order chi connectivity index (χ1) is 17.3. The van der Waals surface area contributed by atoms with E-state index in [0.717, 1.165) is 36.0 Å². The highest BCUT2D eigenvalue weighted by molar-refractivity contribution is 5.83. The summed E-state index contributed by atoms with van der Waals surface area (Å²) in [5.41, 5.74) is 5.71. The molecule has 6 rings (SSSR count). The maximum atomic E-state index is 9.67. The average molecular weight is 459 g/mol. The van der Waals surface area contributed by atoms with Gasteiger partial charge in [-0.3, -0.25) is 0 Å². The number of hydrogen-bond donors (Lipinski definition) is 1. The van der Waals surface area contributed by atoms with Gasteiger partial charge in [-0.05, 0) is 53.1 Å². The van der Waals surface area contributed by atoms with E-state index in [4.69, 9.17) is 4.98 Å². The summed E-state index contributed by atoms with van der Waals surface area (Å²) < 4.78 is 4.79. The summed E-state index contributed by atoms with van der Waals surface area (Å²) in [7, 11) is 0. The zero-order chi connectivity index (χ0) is 23.6. The lowest BCUT2D eigenvalue weighted by atomic mass is 10.1. The van der Waals surface area contributed by atoms with Gasteiger partial charge < -0.3 is 5.11 Å². The summed E-state index contributed by atoms with van der Waals surface area (Å²) >= 11 is 0. The van der Waals surface area contributed by atoms with E-state index in [2.05, 4.69) is 100 Å². The second kappa shape index (κ2) is 9.32. The first-order valence-corrected chi connectivity index (χ1v) is 12.2. The van der Waals surface area contributed by atoms with Crippen LogP contribution in [0.4, 0.5) is 0 Å². The van der Waals surface area contributed by atoms with Crippen molar-refractivity contribution in [3.63, 3.8) is 0 Å². The van der Waals surface area contributed by atoms with Crippen LogP contribution in [0.2, 0.25) is 0 Å². The highest BCUT2D eigenvalue weighted by Gasteiger charge is 2.25. The number of nitrogens with zero attached hydrogens (tertiary/aromatic N) is 3. The van der Waals surface area contributed by atoms with Crippen LogP contribution >= 0.6 is 0 Å². The van der Waals surface area contributed by atoms with Crippen LogP contribution in [0.5, 0.6) is 0 Å². The molecule has 4 heteroatoms. The monoisotopic (exact) mass is 458 g/mol. The smallest absolute Gasteiger partial charge is 0.258 e. The van der Waals surface area contributed by atoms with E-state index in [-0.39, 0.29) is 6.61 Å². The number of pyridine rings is 1. The van der Waals surface area contributed by atoms with Gasteiger partial charge in [0.05, 0.1) is 17.6 Å². The predicted octanol–water partition coefficient (Wildman–Crippen LogP) is 5.65. The van der Waals surface area contributed by atoms with Crippen LogP contribution in [0.25, 0.3) is 32.7 Å². The highest BCUT2D eigenvalue weighted by atomic mass is 16.2. The molecular weight excluding hydrogens is 430 g/mol. The first kappa shape index (κ1) is 21.5. The van der Waals surface area contributed by atoms with Gasteiger partial charge >= 0.3 is 0 Å². The van der Waals surface area contributed by atoms with Crippen LogP contribution in [0.1, 0.15) is 23.5 Å². The van der Waals surface area contributed by atoms with Crippen molar-refractivity contribution < 1.29 is 9.67 Å². The molecule has 6 aromatic rings. The highest BCUT2D eigenvalue weighted by Crippen LogP contribution is 2.21. The fraction of sp³-hybridized carbons (Fsp3) is 0.161. The molecule has 35 heavy (non-hydrogen) atoms. The number of aromatic nitrogens is 3. The maximum absolute atomic E-state index is 9.67. The first-order valence-electron chi connectivity index (χ1n) is 12.2. The summed E-state index contributed by atoms with van der Waals surface area (Å²) in [6.45, 7) is 1.65. The number of imidazole rings is 1. The van der Waals surface area contributed by atoms with E-state index in [9.17, 15) is 5.11 Å². The number of rotatable bonds is 7. The second-order valence-electron chi connectivity index (χ2n) is 9.08.